The number of aryl methyl sites for hydroxylation is 2. The van der Waals surface area contributed by atoms with Gasteiger partial charge in [0, 0.05) is 18.8 Å². The van der Waals surface area contributed by atoms with Crippen LogP contribution in [0.1, 0.15) is 69.9 Å². The highest BCUT2D eigenvalue weighted by atomic mass is 16.6. The molecule has 0 radical (unpaired) electrons. The highest BCUT2D eigenvalue weighted by Crippen LogP contribution is 2.64. The van der Waals surface area contributed by atoms with E-state index in [0.29, 0.717) is 38.6 Å². The first-order chi connectivity index (χ1) is 17.3. The second kappa shape index (κ2) is 10.5. The van der Waals surface area contributed by atoms with Gasteiger partial charge in [0.15, 0.2) is 0 Å². The third kappa shape index (κ3) is 4.22. The summed E-state index contributed by atoms with van der Waals surface area (Å²) in [5.74, 6) is -2.30. The first-order valence-corrected chi connectivity index (χ1v) is 13.4. The molecule has 2 bridgehead atoms. The number of aliphatic hydroxyl groups excluding tert-OH is 1. The van der Waals surface area contributed by atoms with E-state index in [4.69, 9.17) is 14.6 Å². The van der Waals surface area contributed by atoms with E-state index in [1.165, 1.54) is 0 Å². The van der Waals surface area contributed by atoms with Gasteiger partial charge in [0.2, 0.25) is 11.8 Å². The summed E-state index contributed by atoms with van der Waals surface area (Å²) < 4.78 is 12.1. The Balaban J connectivity index is 1.70. The van der Waals surface area contributed by atoms with Crippen LogP contribution >= 0.6 is 0 Å². The van der Waals surface area contributed by atoms with Gasteiger partial charge in [-0.05, 0) is 64.0 Å². The number of benzene rings is 1. The van der Waals surface area contributed by atoms with Crippen molar-refractivity contribution in [3.05, 3.63) is 29.3 Å². The molecule has 3 aliphatic heterocycles. The molecule has 0 aromatic heterocycles. The van der Waals surface area contributed by atoms with Crippen molar-refractivity contribution in [1.82, 2.24) is 4.90 Å². The van der Waals surface area contributed by atoms with Crippen LogP contribution in [0, 0.1) is 25.7 Å². The SMILES string of the molecule is CCOC(=O)[C@@H]1[C@H]2C(=O)N(CCCCCCO)C(C(=O)Nc3c(C)cccc3C)C23CC[C@@]1(CC)O3. The van der Waals surface area contributed by atoms with Crippen molar-refractivity contribution in [1.29, 1.82) is 0 Å². The first kappa shape index (κ1) is 26.6. The highest BCUT2D eigenvalue weighted by Gasteiger charge is 2.78. The van der Waals surface area contributed by atoms with Gasteiger partial charge in [-0.2, -0.15) is 0 Å². The molecule has 1 spiro atoms. The minimum atomic E-state index is -1.05. The Morgan fingerprint density at radius 1 is 1.14 bits per heavy atom. The Labute approximate surface area is 213 Å². The zero-order chi connectivity index (χ0) is 26.1. The molecular weight excluding hydrogens is 460 g/mol. The van der Waals surface area contributed by atoms with Gasteiger partial charge in [-0.3, -0.25) is 14.4 Å². The second-order valence-electron chi connectivity index (χ2n) is 10.5. The van der Waals surface area contributed by atoms with E-state index < -0.39 is 35.0 Å². The van der Waals surface area contributed by atoms with Crippen molar-refractivity contribution in [3.8, 4) is 0 Å². The number of anilines is 1. The Morgan fingerprint density at radius 2 is 1.83 bits per heavy atom. The van der Waals surface area contributed by atoms with E-state index in [1.807, 2.05) is 39.0 Å². The fourth-order valence-corrected chi connectivity index (χ4v) is 6.80. The predicted molar refractivity (Wildman–Crippen MR) is 135 cm³/mol. The summed E-state index contributed by atoms with van der Waals surface area (Å²) >= 11 is 0. The topological polar surface area (TPSA) is 105 Å². The van der Waals surface area contributed by atoms with Crippen LogP contribution in [0.25, 0.3) is 0 Å². The first-order valence-electron chi connectivity index (χ1n) is 13.4. The summed E-state index contributed by atoms with van der Waals surface area (Å²) in [6.45, 7) is 8.41. The largest absolute Gasteiger partial charge is 0.466 e. The van der Waals surface area contributed by atoms with Crippen LogP contribution in [0.4, 0.5) is 5.69 Å². The van der Waals surface area contributed by atoms with Crippen LogP contribution in [-0.4, -0.2) is 64.8 Å². The quantitative estimate of drug-likeness (QED) is 0.356. The molecule has 5 atom stereocenters. The highest BCUT2D eigenvalue weighted by molar-refractivity contribution is 6.04. The number of para-hydroxylation sites is 1. The van der Waals surface area contributed by atoms with Crippen LogP contribution in [0.2, 0.25) is 0 Å². The number of unbranched alkanes of at least 4 members (excludes halogenated alkanes) is 3. The second-order valence-corrected chi connectivity index (χ2v) is 10.5. The number of amides is 2. The number of nitrogens with zero attached hydrogens (tertiary/aromatic N) is 1. The summed E-state index contributed by atoms with van der Waals surface area (Å²) in [5, 5.41) is 12.2. The molecule has 1 aromatic carbocycles. The van der Waals surface area contributed by atoms with E-state index in [-0.39, 0.29) is 25.0 Å². The number of nitrogens with one attached hydrogen (secondary N) is 1. The minimum Gasteiger partial charge on any atom is -0.466 e. The van der Waals surface area contributed by atoms with Gasteiger partial charge in [0.1, 0.15) is 17.6 Å². The molecule has 3 fully saturated rings. The molecule has 1 aromatic rings. The molecule has 36 heavy (non-hydrogen) atoms. The number of ether oxygens (including phenoxy) is 2. The van der Waals surface area contributed by atoms with E-state index in [9.17, 15) is 14.4 Å². The van der Waals surface area contributed by atoms with Gasteiger partial charge in [-0.1, -0.05) is 38.0 Å². The van der Waals surface area contributed by atoms with Gasteiger partial charge in [0.25, 0.3) is 0 Å². The third-order valence-electron chi connectivity index (χ3n) is 8.51. The Hall–Kier alpha value is -2.45. The molecule has 0 saturated carbocycles. The van der Waals surface area contributed by atoms with Crippen molar-refractivity contribution < 1.29 is 29.0 Å². The lowest BCUT2D eigenvalue weighted by atomic mass is 9.65. The van der Waals surface area contributed by atoms with Crippen LogP contribution in [-0.2, 0) is 23.9 Å². The Bertz CT molecular complexity index is 992. The average Bonchev–Trinajstić information content (AvgIpc) is 3.45. The molecule has 2 amide bonds. The summed E-state index contributed by atoms with van der Waals surface area (Å²) in [7, 11) is 0. The maximum atomic E-state index is 14.0. The molecular formula is C28H40N2O6. The Kier molecular flexibility index (Phi) is 7.76. The van der Waals surface area contributed by atoms with Gasteiger partial charge in [0.05, 0.1) is 18.1 Å². The number of likely N-dealkylation sites (tertiary alicyclic amines) is 1. The number of carbonyl (C=O) groups is 3. The van der Waals surface area contributed by atoms with Crippen LogP contribution in [0.5, 0.6) is 0 Å². The molecule has 2 unspecified atom stereocenters. The molecule has 3 heterocycles. The Morgan fingerprint density at radius 3 is 2.47 bits per heavy atom. The van der Waals surface area contributed by atoms with Crippen molar-refractivity contribution >= 4 is 23.5 Å². The smallest absolute Gasteiger partial charge is 0.312 e. The summed E-state index contributed by atoms with van der Waals surface area (Å²) in [6.07, 6.45) is 4.87. The zero-order valence-corrected chi connectivity index (χ0v) is 22.0. The normalized spacial score (nSPS) is 30.5. The number of esters is 1. The van der Waals surface area contributed by atoms with Crippen molar-refractivity contribution in [3.63, 3.8) is 0 Å². The summed E-state index contributed by atoms with van der Waals surface area (Å²) in [5.41, 5.74) is 0.816. The molecule has 3 saturated heterocycles. The van der Waals surface area contributed by atoms with Crippen molar-refractivity contribution in [2.45, 2.75) is 89.9 Å². The number of carbonyl (C=O) groups excluding carboxylic acids is 3. The molecule has 3 aliphatic rings. The van der Waals surface area contributed by atoms with Crippen LogP contribution < -0.4 is 5.32 Å². The zero-order valence-electron chi connectivity index (χ0n) is 22.0. The molecule has 4 rings (SSSR count). The maximum Gasteiger partial charge on any atom is 0.312 e. The van der Waals surface area contributed by atoms with Crippen molar-refractivity contribution in [2.24, 2.45) is 11.8 Å². The van der Waals surface area contributed by atoms with Gasteiger partial charge in [-0.15, -0.1) is 0 Å². The number of hydrogen-bond donors (Lipinski definition) is 2. The van der Waals surface area contributed by atoms with Gasteiger partial charge >= 0.3 is 5.97 Å². The van der Waals surface area contributed by atoms with E-state index in [1.54, 1.807) is 11.8 Å². The summed E-state index contributed by atoms with van der Waals surface area (Å²) in [4.78, 5) is 42.8. The van der Waals surface area contributed by atoms with Gasteiger partial charge < -0.3 is 24.8 Å². The molecule has 2 N–H and O–H groups in total. The van der Waals surface area contributed by atoms with E-state index in [2.05, 4.69) is 5.32 Å². The molecule has 198 valence electrons. The number of aliphatic hydroxyl groups is 1. The lowest BCUT2D eigenvalue weighted by Crippen LogP contribution is -2.53. The third-order valence-corrected chi connectivity index (χ3v) is 8.51. The van der Waals surface area contributed by atoms with E-state index in [0.717, 1.165) is 29.7 Å². The maximum absolute atomic E-state index is 14.0. The van der Waals surface area contributed by atoms with Crippen LogP contribution in [0.3, 0.4) is 0 Å². The number of fused-ring (bicyclic) bond motifs is 1. The molecule has 0 aliphatic carbocycles. The lowest BCUT2D eigenvalue weighted by molar-refractivity contribution is -0.160. The number of rotatable bonds is 11. The average molecular weight is 501 g/mol. The summed E-state index contributed by atoms with van der Waals surface area (Å²) in [6, 6.07) is 5.02. The van der Waals surface area contributed by atoms with Crippen molar-refractivity contribution in [2.75, 3.05) is 25.1 Å². The number of hydrogen-bond acceptors (Lipinski definition) is 6. The fraction of sp³-hybridized carbons (Fsp3) is 0.679. The monoisotopic (exact) mass is 500 g/mol. The predicted octanol–water partition coefficient (Wildman–Crippen LogP) is 3.51. The van der Waals surface area contributed by atoms with Crippen LogP contribution in [0.15, 0.2) is 18.2 Å². The lowest BCUT2D eigenvalue weighted by Gasteiger charge is -2.34. The minimum absolute atomic E-state index is 0.142. The van der Waals surface area contributed by atoms with E-state index >= 15 is 0 Å². The molecule has 8 heteroatoms. The fourth-order valence-electron chi connectivity index (χ4n) is 6.80. The standard InChI is InChI=1S/C28H40N2O6/c1-5-27-14-15-28(36-27)20(21(27)26(34)35-6-2)25(33)30(16-9-7-8-10-17-31)23(28)24(32)29-22-18(3)12-11-13-19(22)4/h11-13,20-21,23,31H,5-10,14-17H2,1-4H3,(H,29,32)/t20-,21-,23?,27+,28?/m0/s1. The van der Waals surface area contributed by atoms with Gasteiger partial charge in [-0.25, -0.2) is 0 Å². The molecule has 8 nitrogen and oxygen atoms in total.